The molecule has 0 unspecified atom stereocenters. The van der Waals surface area contributed by atoms with E-state index in [1.54, 1.807) is 6.08 Å². The Labute approximate surface area is 143 Å². The summed E-state index contributed by atoms with van der Waals surface area (Å²) in [4.78, 5) is 14.5. The summed E-state index contributed by atoms with van der Waals surface area (Å²) in [7, 11) is 0. The van der Waals surface area contributed by atoms with E-state index in [1.807, 2.05) is 30.3 Å². The molecule has 3 heterocycles. The van der Waals surface area contributed by atoms with Crippen LogP contribution in [0.2, 0.25) is 0 Å². The average Bonchev–Trinajstić information content (AvgIpc) is 2.86. The number of hydrogen-bond acceptors (Lipinski definition) is 3. The van der Waals surface area contributed by atoms with E-state index in [-0.39, 0.29) is 12.0 Å². The lowest BCUT2D eigenvalue weighted by molar-refractivity contribution is -0.150. The van der Waals surface area contributed by atoms with Gasteiger partial charge in [0.1, 0.15) is 0 Å². The van der Waals surface area contributed by atoms with Crippen LogP contribution in [0.15, 0.2) is 53.6 Å². The zero-order chi connectivity index (χ0) is 16.6. The molecule has 0 N–H and O–H groups in total. The predicted octanol–water partition coefficient (Wildman–Crippen LogP) is 3.07. The van der Waals surface area contributed by atoms with Crippen LogP contribution in [0.3, 0.4) is 0 Å². The van der Waals surface area contributed by atoms with E-state index in [0.717, 1.165) is 36.2 Å². The maximum atomic E-state index is 12.0. The van der Waals surface area contributed by atoms with Crippen molar-refractivity contribution in [3.63, 3.8) is 0 Å². The van der Waals surface area contributed by atoms with Crippen LogP contribution in [0.5, 0.6) is 0 Å². The molecule has 0 aliphatic carbocycles. The number of carbonyl (C=O) groups is 1. The molecule has 1 aromatic rings. The highest BCUT2D eigenvalue weighted by atomic mass is 16.6. The SMILES string of the molecule is C[C@]12OC(=O)C=C1C(C#Cc1ccccc1)=CCN1CCCC[C@@H]12. The third-order valence-electron chi connectivity index (χ3n) is 5.29. The second-order valence-corrected chi connectivity index (χ2v) is 6.83. The Morgan fingerprint density at radius 1 is 1.21 bits per heavy atom. The van der Waals surface area contributed by atoms with Crippen molar-refractivity contribution in [1.82, 2.24) is 4.90 Å². The van der Waals surface area contributed by atoms with Crippen molar-refractivity contribution in [2.45, 2.75) is 37.8 Å². The van der Waals surface area contributed by atoms with E-state index in [0.29, 0.717) is 0 Å². The Hall–Kier alpha value is -2.31. The summed E-state index contributed by atoms with van der Waals surface area (Å²) < 4.78 is 5.80. The number of esters is 1. The molecule has 3 heteroatoms. The van der Waals surface area contributed by atoms with Crippen LogP contribution in [0.1, 0.15) is 31.7 Å². The summed E-state index contributed by atoms with van der Waals surface area (Å²) in [6, 6.07) is 10.2. The fourth-order valence-corrected chi connectivity index (χ4v) is 4.08. The van der Waals surface area contributed by atoms with Crippen molar-refractivity contribution in [1.29, 1.82) is 0 Å². The maximum absolute atomic E-state index is 12.0. The molecule has 2 atom stereocenters. The smallest absolute Gasteiger partial charge is 0.332 e. The monoisotopic (exact) mass is 319 g/mol. The first-order valence-electron chi connectivity index (χ1n) is 8.63. The van der Waals surface area contributed by atoms with Crippen LogP contribution in [0, 0.1) is 11.8 Å². The lowest BCUT2D eigenvalue weighted by Crippen LogP contribution is -2.53. The molecule has 0 bridgehead atoms. The molecule has 1 aromatic carbocycles. The summed E-state index contributed by atoms with van der Waals surface area (Å²) in [6.07, 6.45) is 7.26. The Morgan fingerprint density at radius 2 is 2.04 bits per heavy atom. The topological polar surface area (TPSA) is 29.5 Å². The standard InChI is InChI=1S/C21H21NO2/c1-21-18(15-20(23)24-21)17(11-10-16-7-3-2-4-8-16)12-14-22-13-6-5-9-19(21)22/h2-4,7-8,12,15,19H,5-6,9,13-14H2,1H3/t19-,21+/m1/s1. The van der Waals surface area contributed by atoms with E-state index in [1.165, 1.54) is 12.8 Å². The Morgan fingerprint density at radius 3 is 2.88 bits per heavy atom. The molecule has 0 amide bonds. The molecular weight excluding hydrogens is 298 g/mol. The molecule has 0 aromatic heterocycles. The number of piperidine rings is 1. The Bertz CT molecular complexity index is 781. The summed E-state index contributed by atoms with van der Waals surface area (Å²) in [5.41, 5.74) is 2.28. The molecule has 1 saturated heterocycles. The lowest BCUT2D eigenvalue weighted by Gasteiger charge is -2.43. The van der Waals surface area contributed by atoms with Gasteiger partial charge in [-0.2, -0.15) is 0 Å². The van der Waals surface area contributed by atoms with Crippen LogP contribution in [-0.2, 0) is 9.53 Å². The van der Waals surface area contributed by atoms with Gasteiger partial charge in [-0.05, 0) is 38.4 Å². The molecule has 24 heavy (non-hydrogen) atoms. The zero-order valence-electron chi connectivity index (χ0n) is 13.9. The van der Waals surface area contributed by atoms with Crippen molar-refractivity contribution >= 4 is 5.97 Å². The van der Waals surface area contributed by atoms with Crippen LogP contribution in [-0.4, -0.2) is 35.6 Å². The molecule has 1 fully saturated rings. The van der Waals surface area contributed by atoms with Gasteiger partial charge < -0.3 is 4.74 Å². The van der Waals surface area contributed by atoms with Gasteiger partial charge in [-0.15, -0.1) is 0 Å². The summed E-state index contributed by atoms with van der Waals surface area (Å²) in [5, 5.41) is 0. The van der Waals surface area contributed by atoms with Crippen LogP contribution in [0.4, 0.5) is 0 Å². The maximum Gasteiger partial charge on any atom is 0.332 e. The van der Waals surface area contributed by atoms with E-state index in [4.69, 9.17) is 4.74 Å². The molecule has 3 aliphatic heterocycles. The van der Waals surface area contributed by atoms with Crippen LogP contribution >= 0.6 is 0 Å². The first-order chi connectivity index (χ1) is 11.7. The molecule has 0 radical (unpaired) electrons. The van der Waals surface area contributed by atoms with Crippen molar-refractivity contribution in [3.8, 4) is 11.8 Å². The van der Waals surface area contributed by atoms with Crippen molar-refractivity contribution < 1.29 is 9.53 Å². The van der Waals surface area contributed by atoms with Gasteiger partial charge in [-0.25, -0.2) is 4.79 Å². The molecule has 3 nitrogen and oxygen atoms in total. The van der Waals surface area contributed by atoms with Gasteiger partial charge in [0.2, 0.25) is 0 Å². The van der Waals surface area contributed by atoms with Gasteiger partial charge in [-0.3, -0.25) is 4.90 Å². The average molecular weight is 319 g/mol. The van der Waals surface area contributed by atoms with Crippen LogP contribution < -0.4 is 0 Å². The van der Waals surface area contributed by atoms with Gasteiger partial charge in [0.25, 0.3) is 0 Å². The summed E-state index contributed by atoms with van der Waals surface area (Å²) >= 11 is 0. The quantitative estimate of drug-likeness (QED) is 0.544. The van der Waals surface area contributed by atoms with E-state index < -0.39 is 5.60 Å². The minimum Gasteiger partial charge on any atom is -0.450 e. The van der Waals surface area contributed by atoms with E-state index in [9.17, 15) is 4.79 Å². The highest BCUT2D eigenvalue weighted by molar-refractivity contribution is 5.89. The number of fused-ring (bicyclic) bond motifs is 3. The normalized spacial score (nSPS) is 29.2. The summed E-state index contributed by atoms with van der Waals surface area (Å²) in [6.45, 7) is 3.98. The molecule has 0 saturated carbocycles. The van der Waals surface area contributed by atoms with Gasteiger partial charge in [0.05, 0.1) is 6.04 Å². The summed E-state index contributed by atoms with van der Waals surface area (Å²) in [5.74, 6) is 6.27. The Balaban J connectivity index is 1.74. The minimum atomic E-state index is -0.578. The minimum absolute atomic E-state index is 0.243. The largest absolute Gasteiger partial charge is 0.450 e. The Kier molecular flexibility index (Phi) is 3.78. The second-order valence-electron chi connectivity index (χ2n) is 6.83. The fourth-order valence-electron chi connectivity index (χ4n) is 4.08. The molecule has 0 spiro atoms. The molecular formula is C21H21NO2. The third-order valence-corrected chi connectivity index (χ3v) is 5.29. The third kappa shape index (κ3) is 2.57. The zero-order valence-corrected chi connectivity index (χ0v) is 13.9. The van der Waals surface area contributed by atoms with Crippen molar-refractivity contribution in [2.24, 2.45) is 0 Å². The van der Waals surface area contributed by atoms with Gasteiger partial charge in [-0.1, -0.05) is 42.5 Å². The predicted molar refractivity (Wildman–Crippen MR) is 93.2 cm³/mol. The number of rotatable bonds is 0. The van der Waals surface area contributed by atoms with Gasteiger partial charge in [0.15, 0.2) is 5.60 Å². The van der Waals surface area contributed by atoms with Gasteiger partial charge in [0, 0.05) is 29.3 Å². The lowest BCUT2D eigenvalue weighted by atomic mass is 9.81. The first kappa shape index (κ1) is 15.2. The molecule has 122 valence electrons. The number of benzene rings is 1. The highest BCUT2D eigenvalue weighted by Gasteiger charge is 2.50. The molecule has 4 rings (SSSR count). The van der Waals surface area contributed by atoms with Crippen LogP contribution in [0.25, 0.3) is 0 Å². The van der Waals surface area contributed by atoms with Crippen molar-refractivity contribution in [3.05, 3.63) is 59.2 Å². The number of ether oxygens (including phenoxy) is 1. The van der Waals surface area contributed by atoms with E-state index >= 15 is 0 Å². The van der Waals surface area contributed by atoms with E-state index in [2.05, 4.69) is 29.7 Å². The van der Waals surface area contributed by atoms with Gasteiger partial charge >= 0.3 is 5.97 Å². The van der Waals surface area contributed by atoms with Crippen molar-refractivity contribution in [2.75, 3.05) is 13.1 Å². The number of carbonyl (C=O) groups excluding carboxylic acids is 1. The molecule has 3 aliphatic rings. The fraction of sp³-hybridized carbons (Fsp3) is 0.381. The number of nitrogens with zero attached hydrogens (tertiary/aromatic N) is 1. The second kappa shape index (κ2) is 5.96. The first-order valence-corrected chi connectivity index (χ1v) is 8.63. The number of hydrogen-bond donors (Lipinski definition) is 0. The highest BCUT2D eigenvalue weighted by Crippen LogP contribution is 2.42.